The molecule has 0 fully saturated rings. The second-order valence-corrected chi connectivity index (χ2v) is 5.48. The number of carbonyl (C=O) groups excluding carboxylic acids is 1. The molecular weight excluding hydrogens is 325 g/mol. The van der Waals surface area contributed by atoms with Gasteiger partial charge in [0.05, 0.1) is 0 Å². The van der Waals surface area contributed by atoms with Gasteiger partial charge >= 0.3 is 6.08 Å². The van der Waals surface area contributed by atoms with E-state index in [1.165, 1.54) is 12.1 Å². The molecule has 1 heterocycles. The van der Waals surface area contributed by atoms with E-state index in [0.717, 1.165) is 11.1 Å². The smallest absolute Gasteiger partial charge is 0.417 e. The van der Waals surface area contributed by atoms with E-state index in [4.69, 9.17) is 9.26 Å². The molecule has 1 amide bonds. The van der Waals surface area contributed by atoms with E-state index in [-0.39, 0.29) is 24.4 Å². The van der Waals surface area contributed by atoms with Gasteiger partial charge in [-0.1, -0.05) is 35.0 Å². The lowest BCUT2D eigenvalue weighted by Gasteiger charge is -2.04. The van der Waals surface area contributed by atoms with Crippen LogP contribution in [0.5, 0.6) is 6.08 Å². The molecule has 0 spiro atoms. The minimum absolute atomic E-state index is 0.0869. The van der Waals surface area contributed by atoms with E-state index in [9.17, 15) is 9.18 Å². The zero-order valence-electron chi connectivity index (χ0n) is 13.5. The van der Waals surface area contributed by atoms with E-state index < -0.39 is 0 Å². The van der Waals surface area contributed by atoms with Crippen LogP contribution in [0.3, 0.4) is 0 Å². The number of anilines is 1. The highest BCUT2D eigenvalue weighted by Gasteiger charge is 2.11. The molecule has 0 radical (unpaired) electrons. The second kappa shape index (κ2) is 7.57. The Kier molecular flexibility index (Phi) is 5.03. The molecule has 0 saturated heterocycles. The number of hydrogen-bond acceptors (Lipinski definition) is 5. The Balaban J connectivity index is 1.50. The molecule has 0 aliphatic carbocycles. The lowest BCUT2D eigenvalue weighted by molar-refractivity contribution is -0.118. The summed E-state index contributed by atoms with van der Waals surface area (Å²) in [6, 6.07) is 13.4. The molecule has 25 heavy (non-hydrogen) atoms. The molecule has 0 bridgehead atoms. The van der Waals surface area contributed by atoms with Gasteiger partial charge in [-0.15, -0.1) is 0 Å². The predicted octanol–water partition coefficient (Wildman–Crippen LogP) is 3.13. The van der Waals surface area contributed by atoms with E-state index in [2.05, 4.69) is 15.5 Å². The fourth-order valence-electron chi connectivity index (χ4n) is 2.11. The van der Waals surface area contributed by atoms with Gasteiger partial charge in [0.2, 0.25) is 0 Å². The van der Waals surface area contributed by atoms with Crippen LogP contribution in [0.15, 0.2) is 53.1 Å². The van der Waals surface area contributed by atoms with Crippen LogP contribution in [0.25, 0.3) is 0 Å². The van der Waals surface area contributed by atoms with Crippen molar-refractivity contribution in [2.45, 2.75) is 13.3 Å². The highest BCUT2D eigenvalue weighted by Crippen LogP contribution is 2.12. The molecule has 1 N–H and O–H groups in total. The lowest BCUT2D eigenvalue weighted by Crippen LogP contribution is -2.20. The molecule has 2 aromatic carbocycles. The number of amides is 1. The number of ether oxygens (including phenoxy) is 1. The first kappa shape index (κ1) is 16.6. The number of nitrogens with one attached hydrogen (secondary N) is 1. The molecule has 7 heteroatoms. The molecule has 1 aromatic heterocycles. The summed E-state index contributed by atoms with van der Waals surface area (Å²) in [6.45, 7) is 1.72. The Morgan fingerprint density at radius 3 is 2.60 bits per heavy atom. The van der Waals surface area contributed by atoms with Crippen molar-refractivity contribution in [3.63, 3.8) is 0 Å². The van der Waals surface area contributed by atoms with Crippen molar-refractivity contribution in [2.75, 3.05) is 11.9 Å². The van der Waals surface area contributed by atoms with Crippen LogP contribution in [-0.4, -0.2) is 22.7 Å². The van der Waals surface area contributed by atoms with Crippen molar-refractivity contribution in [3.8, 4) is 6.08 Å². The van der Waals surface area contributed by atoms with Crippen molar-refractivity contribution < 1.29 is 18.4 Å². The Morgan fingerprint density at radius 1 is 1.16 bits per heavy atom. The molecule has 0 unspecified atom stereocenters. The average Bonchev–Trinajstić information content (AvgIpc) is 3.05. The quantitative estimate of drug-likeness (QED) is 0.745. The van der Waals surface area contributed by atoms with E-state index in [1.54, 1.807) is 24.3 Å². The minimum atomic E-state index is -0.331. The van der Waals surface area contributed by atoms with E-state index in [0.29, 0.717) is 17.9 Å². The zero-order valence-corrected chi connectivity index (χ0v) is 13.5. The van der Waals surface area contributed by atoms with Crippen molar-refractivity contribution in [1.29, 1.82) is 0 Å². The van der Waals surface area contributed by atoms with Crippen LogP contribution in [0.4, 0.5) is 10.1 Å². The summed E-state index contributed by atoms with van der Waals surface area (Å²) < 4.78 is 23.0. The van der Waals surface area contributed by atoms with Crippen molar-refractivity contribution >= 4 is 11.6 Å². The van der Waals surface area contributed by atoms with Crippen LogP contribution in [0, 0.1) is 12.7 Å². The Bertz CT molecular complexity index is 845. The highest BCUT2D eigenvalue weighted by molar-refractivity contribution is 5.91. The maximum atomic E-state index is 12.9. The third kappa shape index (κ3) is 4.87. The first-order valence-electron chi connectivity index (χ1n) is 7.65. The van der Waals surface area contributed by atoms with Gasteiger partial charge in [-0.2, -0.15) is 4.98 Å². The Morgan fingerprint density at radius 2 is 1.88 bits per heavy atom. The monoisotopic (exact) mass is 341 g/mol. The van der Waals surface area contributed by atoms with Gasteiger partial charge in [0.25, 0.3) is 5.91 Å². The van der Waals surface area contributed by atoms with Crippen LogP contribution in [-0.2, 0) is 11.2 Å². The van der Waals surface area contributed by atoms with Gasteiger partial charge in [0.1, 0.15) is 5.82 Å². The average molecular weight is 341 g/mol. The summed E-state index contributed by atoms with van der Waals surface area (Å²) in [5.74, 6) is -0.247. The van der Waals surface area contributed by atoms with Crippen molar-refractivity contribution in [3.05, 3.63) is 71.3 Å². The molecule has 0 aliphatic rings. The molecule has 0 saturated carbocycles. The van der Waals surface area contributed by atoms with Gasteiger partial charge in [0, 0.05) is 12.1 Å². The normalized spacial score (nSPS) is 10.5. The fourth-order valence-corrected chi connectivity index (χ4v) is 2.11. The third-order valence-corrected chi connectivity index (χ3v) is 3.39. The molecule has 0 atom stereocenters. The van der Waals surface area contributed by atoms with Gasteiger partial charge in [0.15, 0.2) is 12.4 Å². The Hall–Kier alpha value is -3.22. The zero-order chi connectivity index (χ0) is 17.6. The van der Waals surface area contributed by atoms with Gasteiger partial charge in [-0.25, -0.2) is 4.39 Å². The summed E-state index contributed by atoms with van der Waals surface area (Å²) in [5.41, 5.74) is 2.63. The highest BCUT2D eigenvalue weighted by atomic mass is 19.1. The van der Waals surface area contributed by atoms with Crippen molar-refractivity contribution in [2.24, 2.45) is 0 Å². The second-order valence-electron chi connectivity index (χ2n) is 5.48. The summed E-state index contributed by atoms with van der Waals surface area (Å²) >= 11 is 0. The van der Waals surface area contributed by atoms with Gasteiger partial charge in [-0.3, -0.25) is 9.32 Å². The standard InChI is InChI=1S/C18H16FN3O3/c1-12-2-8-15(9-3-12)20-17(23)11-24-18-21-16(22-25-18)10-13-4-6-14(19)7-5-13/h2-9H,10-11H2,1H3,(H,20,23). The van der Waals surface area contributed by atoms with Crippen LogP contribution in [0.2, 0.25) is 0 Å². The first-order chi connectivity index (χ1) is 12.1. The minimum Gasteiger partial charge on any atom is -0.439 e. The summed E-state index contributed by atoms with van der Waals surface area (Å²) in [5, 5.41) is 6.47. The number of hydrogen-bond donors (Lipinski definition) is 1. The van der Waals surface area contributed by atoms with Crippen LogP contribution < -0.4 is 10.1 Å². The summed E-state index contributed by atoms with van der Waals surface area (Å²) in [4.78, 5) is 15.9. The van der Waals surface area contributed by atoms with E-state index >= 15 is 0 Å². The predicted molar refractivity (Wildman–Crippen MR) is 88.8 cm³/mol. The SMILES string of the molecule is Cc1ccc(NC(=O)COc2nc(Cc3ccc(F)cc3)no2)cc1. The van der Waals surface area contributed by atoms with Crippen LogP contribution in [0.1, 0.15) is 17.0 Å². The third-order valence-electron chi connectivity index (χ3n) is 3.39. The summed E-state index contributed by atoms with van der Waals surface area (Å²) in [6.07, 6.45) is 0.291. The van der Waals surface area contributed by atoms with Crippen molar-refractivity contribution in [1.82, 2.24) is 10.1 Å². The largest absolute Gasteiger partial charge is 0.439 e. The lowest BCUT2D eigenvalue weighted by atomic mass is 10.1. The molecule has 0 aliphatic heterocycles. The van der Waals surface area contributed by atoms with Gasteiger partial charge in [-0.05, 0) is 36.8 Å². The maximum absolute atomic E-state index is 12.9. The topological polar surface area (TPSA) is 77.2 Å². The molecule has 6 nitrogen and oxygen atoms in total. The molecule has 128 valence electrons. The van der Waals surface area contributed by atoms with Gasteiger partial charge < -0.3 is 10.1 Å². The van der Waals surface area contributed by atoms with Crippen LogP contribution >= 0.6 is 0 Å². The molecule has 3 rings (SSSR count). The maximum Gasteiger partial charge on any atom is 0.417 e. The number of rotatable bonds is 6. The fraction of sp³-hybridized carbons (Fsp3) is 0.167. The molecule has 3 aromatic rings. The number of aromatic nitrogens is 2. The first-order valence-corrected chi connectivity index (χ1v) is 7.65. The van der Waals surface area contributed by atoms with E-state index in [1.807, 2.05) is 19.1 Å². The Labute approximate surface area is 143 Å². The number of carbonyl (C=O) groups is 1. The number of aryl methyl sites for hydroxylation is 1. The number of benzene rings is 2. The summed E-state index contributed by atoms with van der Waals surface area (Å²) in [7, 11) is 0. The molecular formula is C18H16FN3O3. The number of nitrogens with zero attached hydrogens (tertiary/aromatic N) is 2. The number of halogens is 1.